The van der Waals surface area contributed by atoms with E-state index in [9.17, 15) is 10.2 Å². The quantitative estimate of drug-likeness (QED) is 0.461. The second-order valence-corrected chi connectivity index (χ2v) is 13.3. The lowest BCUT2D eigenvalue weighted by Crippen LogP contribution is -2.65. The zero-order valence-electron chi connectivity index (χ0n) is 21.3. The summed E-state index contributed by atoms with van der Waals surface area (Å²) in [5.41, 5.74) is 1.39. The molecule has 4 aliphatic rings. The second kappa shape index (κ2) is 8.15. The van der Waals surface area contributed by atoms with E-state index in [-0.39, 0.29) is 16.9 Å². The van der Waals surface area contributed by atoms with Gasteiger partial charge in [-0.15, -0.1) is 0 Å². The minimum absolute atomic E-state index is 0.143. The van der Waals surface area contributed by atoms with E-state index in [0.717, 1.165) is 38.0 Å². The number of aliphatic hydroxyl groups excluding tert-OH is 1. The molecule has 0 radical (unpaired) electrons. The SMILES string of the molecule is C=C(CCC(C)C1CCC2C1(C)CCC1C3(C)CCC(O)C(C)C3CCC21O)C(C)C. The summed E-state index contributed by atoms with van der Waals surface area (Å²) in [6, 6.07) is 0. The van der Waals surface area contributed by atoms with Crippen LogP contribution < -0.4 is 0 Å². The van der Waals surface area contributed by atoms with E-state index in [1.165, 1.54) is 37.7 Å². The Morgan fingerprint density at radius 1 is 0.935 bits per heavy atom. The number of aliphatic hydroxyl groups is 2. The van der Waals surface area contributed by atoms with Crippen molar-refractivity contribution >= 4 is 0 Å². The van der Waals surface area contributed by atoms with Gasteiger partial charge in [0.25, 0.3) is 0 Å². The fourth-order valence-electron chi connectivity index (χ4n) is 9.67. The normalized spacial score (nSPS) is 50.5. The zero-order chi connectivity index (χ0) is 22.8. The lowest BCUT2D eigenvalue weighted by atomic mass is 9.41. The van der Waals surface area contributed by atoms with Crippen LogP contribution >= 0.6 is 0 Å². The van der Waals surface area contributed by atoms with Gasteiger partial charge < -0.3 is 10.2 Å². The smallest absolute Gasteiger partial charge is 0.0714 e. The van der Waals surface area contributed by atoms with Crippen molar-refractivity contribution in [3.05, 3.63) is 12.2 Å². The summed E-state index contributed by atoms with van der Waals surface area (Å²) in [4.78, 5) is 0. The summed E-state index contributed by atoms with van der Waals surface area (Å²) in [6.45, 7) is 18.6. The highest BCUT2D eigenvalue weighted by atomic mass is 16.3. The highest BCUT2D eigenvalue weighted by molar-refractivity contribution is 5.17. The topological polar surface area (TPSA) is 40.5 Å². The van der Waals surface area contributed by atoms with E-state index in [1.54, 1.807) is 0 Å². The van der Waals surface area contributed by atoms with Gasteiger partial charge in [0.2, 0.25) is 0 Å². The Morgan fingerprint density at radius 3 is 2.26 bits per heavy atom. The molecule has 0 aliphatic heterocycles. The van der Waals surface area contributed by atoms with Crippen molar-refractivity contribution in [2.75, 3.05) is 0 Å². The van der Waals surface area contributed by atoms with E-state index in [1.807, 2.05) is 0 Å². The highest BCUT2D eigenvalue weighted by Crippen LogP contribution is 2.70. The summed E-state index contributed by atoms with van der Waals surface area (Å²) in [5, 5.41) is 22.9. The lowest BCUT2D eigenvalue weighted by Gasteiger charge is -2.65. The molecule has 10 atom stereocenters. The molecular formula is C29H50O2. The number of rotatable bonds is 5. The minimum atomic E-state index is -0.490. The summed E-state index contributed by atoms with van der Waals surface area (Å²) in [6.07, 6.45) is 11.3. The third-order valence-corrected chi connectivity index (χ3v) is 11.7. The monoisotopic (exact) mass is 430 g/mol. The van der Waals surface area contributed by atoms with Crippen LogP contribution in [-0.2, 0) is 0 Å². The van der Waals surface area contributed by atoms with Crippen molar-refractivity contribution in [3.63, 3.8) is 0 Å². The molecule has 2 N–H and O–H groups in total. The van der Waals surface area contributed by atoms with E-state index in [2.05, 4.69) is 48.1 Å². The molecule has 178 valence electrons. The minimum Gasteiger partial charge on any atom is -0.393 e. The molecule has 0 amide bonds. The van der Waals surface area contributed by atoms with Gasteiger partial charge in [-0.05, 0) is 116 Å². The first-order valence-electron chi connectivity index (χ1n) is 13.5. The molecule has 0 aromatic carbocycles. The Labute approximate surface area is 192 Å². The first kappa shape index (κ1) is 23.8. The van der Waals surface area contributed by atoms with E-state index >= 15 is 0 Å². The molecular weight excluding hydrogens is 380 g/mol. The van der Waals surface area contributed by atoms with Crippen LogP contribution in [0.25, 0.3) is 0 Å². The number of allylic oxidation sites excluding steroid dienone is 1. The Hall–Kier alpha value is -0.340. The summed E-state index contributed by atoms with van der Waals surface area (Å²) in [5.74, 6) is 3.86. The molecule has 4 saturated carbocycles. The van der Waals surface area contributed by atoms with Crippen LogP contribution in [0.1, 0.15) is 106 Å². The summed E-state index contributed by atoms with van der Waals surface area (Å²) < 4.78 is 0. The molecule has 2 heteroatoms. The van der Waals surface area contributed by atoms with Crippen molar-refractivity contribution < 1.29 is 10.2 Å². The van der Waals surface area contributed by atoms with Crippen molar-refractivity contribution in [2.24, 2.45) is 52.3 Å². The van der Waals surface area contributed by atoms with Crippen LogP contribution in [0.3, 0.4) is 0 Å². The van der Waals surface area contributed by atoms with E-state index in [4.69, 9.17) is 0 Å². The van der Waals surface area contributed by atoms with Crippen molar-refractivity contribution in [1.29, 1.82) is 0 Å². The first-order valence-corrected chi connectivity index (χ1v) is 13.5. The molecule has 10 unspecified atom stereocenters. The van der Waals surface area contributed by atoms with Gasteiger partial charge in [0.15, 0.2) is 0 Å². The third-order valence-electron chi connectivity index (χ3n) is 11.7. The van der Waals surface area contributed by atoms with Gasteiger partial charge in [-0.2, -0.15) is 0 Å². The average molecular weight is 431 g/mol. The standard InChI is InChI=1S/C29H50O2/c1-18(2)19(3)8-9-20(4)22-10-11-25-27(22,6)16-14-26-28(7)15-13-24(30)21(5)23(28)12-17-29(25,26)31/h18,20-26,30-31H,3,8-17H2,1-2,4-7H3. The van der Waals surface area contributed by atoms with Gasteiger partial charge in [0.05, 0.1) is 11.7 Å². The Morgan fingerprint density at radius 2 is 1.58 bits per heavy atom. The zero-order valence-corrected chi connectivity index (χ0v) is 21.3. The van der Waals surface area contributed by atoms with Crippen LogP contribution in [0, 0.1) is 52.3 Å². The van der Waals surface area contributed by atoms with Crippen molar-refractivity contribution in [1.82, 2.24) is 0 Å². The van der Waals surface area contributed by atoms with Gasteiger partial charge in [-0.1, -0.05) is 53.7 Å². The molecule has 0 spiro atoms. The van der Waals surface area contributed by atoms with Crippen molar-refractivity contribution in [2.45, 2.75) is 117 Å². The number of hydrogen-bond acceptors (Lipinski definition) is 2. The highest BCUT2D eigenvalue weighted by Gasteiger charge is 2.67. The molecule has 0 bridgehead atoms. The van der Waals surface area contributed by atoms with Gasteiger partial charge in [-0.3, -0.25) is 0 Å². The largest absolute Gasteiger partial charge is 0.393 e. The molecule has 0 heterocycles. The molecule has 0 aromatic rings. The van der Waals surface area contributed by atoms with E-state index in [0.29, 0.717) is 35.5 Å². The van der Waals surface area contributed by atoms with Crippen LogP contribution in [0.4, 0.5) is 0 Å². The van der Waals surface area contributed by atoms with Gasteiger partial charge in [0.1, 0.15) is 0 Å². The van der Waals surface area contributed by atoms with Crippen LogP contribution in [-0.4, -0.2) is 21.9 Å². The van der Waals surface area contributed by atoms with Gasteiger partial charge in [-0.25, -0.2) is 0 Å². The molecule has 31 heavy (non-hydrogen) atoms. The van der Waals surface area contributed by atoms with Gasteiger partial charge >= 0.3 is 0 Å². The molecule has 4 rings (SSSR count). The Balaban J connectivity index is 1.54. The molecule has 2 nitrogen and oxygen atoms in total. The Kier molecular flexibility index (Phi) is 6.26. The first-order chi connectivity index (χ1) is 14.4. The Bertz CT molecular complexity index is 684. The maximum atomic E-state index is 12.4. The maximum Gasteiger partial charge on any atom is 0.0714 e. The second-order valence-electron chi connectivity index (χ2n) is 13.3. The average Bonchev–Trinajstić information content (AvgIpc) is 3.07. The lowest BCUT2D eigenvalue weighted by molar-refractivity contribution is -0.235. The molecule has 0 saturated heterocycles. The van der Waals surface area contributed by atoms with Crippen LogP contribution in [0.5, 0.6) is 0 Å². The maximum absolute atomic E-state index is 12.4. The third kappa shape index (κ3) is 3.58. The van der Waals surface area contributed by atoms with Crippen molar-refractivity contribution in [3.8, 4) is 0 Å². The fraction of sp³-hybridized carbons (Fsp3) is 0.931. The van der Waals surface area contributed by atoms with Gasteiger partial charge in [0, 0.05) is 0 Å². The van der Waals surface area contributed by atoms with E-state index < -0.39 is 5.60 Å². The predicted octanol–water partition coefficient (Wildman–Crippen LogP) is 7.00. The van der Waals surface area contributed by atoms with Crippen LogP contribution in [0.15, 0.2) is 12.2 Å². The molecule has 0 aromatic heterocycles. The summed E-state index contributed by atoms with van der Waals surface area (Å²) >= 11 is 0. The number of fused-ring (bicyclic) bond motifs is 5. The summed E-state index contributed by atoms with van der Waals surface area (Å²) in [7, 11) is 0. The molecule has 4 fully saturated rings. The predicted molar refractivity (Wildman–Crippen MR) is 130 cm³/mol. The van der Waals surface area contributed by atoms with Crippen LogP contribution in [0.2, 0.25) is 0 Å². The molecule has 4 aliphatic carbocycles. The number of hydrogen-bond donors (Lipinski definition) is 2. The fourth-order valence-corrected chi connectivity index (χ4v) is 9.67.